The van der Waals surface area contributed by atoms with E-state index in [1.54, 1.807) is 96.4 Å². The van der Waals surface area contributed by atoms with Crippen molar-refractivity contribution in [2.24, 2.45) is 35.2 Å². The molecule has 0 aromatic carbocycles. The molecule has 0 radical (unpaired) electrons. The lowest BCUT2D eigenvalue weighted by Crippen LogP contribution is -2.28. The number of halogens is 6. The van der Waals surface area contributed by atoms with Gasteiger partial charge in [-0.25, -0.2) is 14.4 Å². The largest absolute Gasteiger partial charge is 0.490 e. The van der Waals surface area contributed by atoms with E-state index in [2.05, 4.69) is 26.2 Å². The summed E-state index contributed by atoms with van der Waals surface area (Å²) in [7, 11) is 12.6. The summed E-state index contributed by atoms with van der Waals surface area (Å²) in [5, 5.41) is 34.5. The molecule has 0 spiro atoms. The molecule has 9 N–H and O–H groups in total. The molecule has 5 aromatic heterocycles. The fourth-order valence-electron chi connectivity index (χ4n) is 5.61. The highest BCUT2D eigenvalue weighted by Gasteiger charge is 2.39. The van der Waals surface area contributed by atoms with Crippen LogP contribution in [-0.2, 0) is 44.8 Å². The number of carboxylic acid groups (broad SMARTS) is 3. The molecule has 0 bridgehead atoms. The minimum Gasteiger partial charge on any atom is -0.477 e. The predicted octanol–water partition coefficient (Wildman–Crippen LogP) is 4.36. The van der Waals surface area contributed by atoms with Crippen molar-refractivity contribution in [3.8, 4) is 0 Å². The molecule has 21 nitrogen and oxygen atoms in total. The molecular weight excluding hydrogens is 908 g/mol. The molecule has 366 valence electrons. The number of rotatable bonds is 12. The van der Waals surface area contributed by atoms with Crippen LogP contribution in [0.3, 0.4) is 0 Å². The number of carboxylic acids is 3. The van der Waals surface area contributed by atoms with Crippen molar-refractivity contribution in [1.29, 1.82) is 0 Å². The van der Waals surface area contributed by atoms with Gasteiger partial charge in [-0.2, -0.15) is 26.3 Å². The van der Waals surface area contributed by atoms with E-state index in [1.165, 1.54) is 16.8 Å². The highest BCUT2D eigenvalue weighted by atomic mass is 19.4. The number of hydrogen-bond acceptors (Lipinski definition) is 9. The number of aromatic nitrogens is 5. The van der Waals surface area contributed by atoms with Gasteiger partial charge in [0.15, 0.2) is 0 Å². The SMILES string of the molecule is CN(C)CCCNC(=O)c1cc(NC(=O)c2cc(N)cn2C)cn1C.Cc1cc(C(=O)Nc2cc(C(=O)Nc3cc(C(=O)O)n(C)c3)n(C)c2)n(C)c1.O=C(O)C(F)(F)F.O=C(O)C(F)(F)F. The van der Waals surface area contributed by atoms with Crippen molar-refractivity contribution < 1.29 is 75.2 Å². The number of aliphatic carboxylic acids is 2. The number of nitrogen functional groups attached to an aromatic ring is 1. The van der Waals surface area contributed by atoms with Crippen molar-refractivity contribution in [3.05, 3.63) is 95.3 Å². The highest BCUT2D eigenvalue weighted by molar-refractivity contribution is 6.07. The molecule has 0 aliphatic heterocycles. The third-order valence-corrected chi connectivity index (χ3v) is 8.66. The Kier molecular flexibility index (Phi) is 19.2. The van der Waals surface area contributed by atoms with Crippen molar-refractivity contribution in [2.45, 2.75) is 25.7 Å². The Bertz CT molecular complexity index is 2560. The Hall–Kier alpha value is -7.97. The van der Waals surface area contributed by atoms with Gasteiger partial charge in [-0.1, -0.05) is 0 Å². The van der Waals surface area contributed by atoms with Crippen LogP contribution in [0.1, 0.15) is 64.4 Å². The number of nitrogens with zero attached hydrogens (tertiary/aromatic N) is 6. The average Bonchev–Trinajstić information content (AvgIpc) is 4.01. The van der Waals surface area contributed by atoms with Crippen LogP contribution in [0.25, 0.3) is 0 Å². The summed E-state index contributed by atoms with van der Waals surface area (Å²) in [4.78, 5) is 80.5. The second-order valence-corrected chi connectivity index (χ2v) is 14.6. The van der Waals surface area contributed by atoms with Crippen molar-refractivity contribution in [2.75, 3.05) is 48.9 Å². The topological polar surface area (TPSA) is 282 Å². The van der Waals surface area contributed by atoms with Crippen LogP contribution in [0, 0.1) is 6.92 Å². The van der Waals surface area contributed by atoms with E-state index in [4.69, 9.17) is 30.6 Å². The first-order valence-corrected chi connectivity index (χ1v) is 19.1. The van der Waals surface area contributed by atoms with Gasteiger partial charge < -0.3 is 70.1 Å². The summed E-state index contributed by atoms with van der Waals surface area (Å²) in [6.45, 7) is 3.42. The van der Waals surface area contributed by atoms with Crippen LogP contribution in [0.15, 0.2) is 61.3 Å². The zero-order valence-electron chi connectivity index (χ0n) is 37.1. The molecule has 4 amide bonds. The predicted molar refractivity (Wildman–Crippen MR) is 230 cm³/mol. The monoisotopic (exact) mass is 957 g/mol. The number of anilines is 4. The Morgan fingerprint density at radius 3 is 1.19 bits per heavy atom. The number of aromatic carboxylic acids is 1. The van der Waals surface area contributed by atoms with Crippen LogP contribution in [0.2, 0.25) is 0 Å². The van der Waals surface area contributed by atoms with E-state index >= 15 is 0 Å². The first kappa shape index (κ1) is 55.2. The van der Waals surface area contributed by atoms with E-state index in [-0.39, 0.29) is 23.4 Å². The summed E-state index contributed by atoms with van der Waals surface area (Å²) >= 11 is 0. The van der Waals surface area contributed by atoms with Gasteiger partial charge in [0, 0.05) is 72.8 Å². The highest BCUT2D eigenvalue weighted by Crippen LogP contribution is 2.20. The standard InChI is InChI=1S/C19H21N5O4.C17H26N6O2.2C2HF3O2/c1-11-5-14(22(2)8-11)17(25)20-12-6-15(23(3)9-12)18(26)21-13-7-16(19(27)28)24(4)10-13;1-21(2)7-5-6-19-16(24)15-9-13(11-23(15)4)20-17(25)14-8-12(18)10-22(14)3;2*3-2(4,5)1(6)7/h5-10H,1-4H3,(H,20,25)(H,21,26)(H,27,28);8-11H,5-7,18H2,1-4H3,(H,19,24)(H,20,25);2*(H,6,7). The van der Waals surface area contributed by atoms with Gasteiger partial charge in [-0.3, -0.25) is 19.2 Å². The van der Waals surface area contributed by atoms with Gasteiger partial charge in [0.25, 0.3) is 23.6 Å². The molecule has 5 aromatic rings. The van der Waals surface area contributed by atoms with Gasteiger partial charge in [0.05, 0.1) is 22.7 Å². The molecular formula is C40H49F6N11O10. The van der Waals surface area contributed by atoms with E-state index in [9.17, 15) is 50.3 Å². The third kappa shape index (κ3) is 17.2. The van der Waals surface area contributed by atoms with Gasteiger partial charge in [0.2, 0.25) is 0 Å². The summed E-state index contributed by atoms with van der Waals surface area (Å²) in [6.07, 6.45) is -0.905. The molecule has 0 aliphatic carbocycles. The number of carbonyl (C=O) groups is 7. The first-order valence-electron chi connectivity index (χ1n) is 19.1. The number of amides is 4. The molecule has 0 fully saturated rings. The molecule has 5 heterocycles. The average molecular weight is 958 g/mol. The van der Waals surface area contributed by atoms with E-state index in [1.807, 2.05) is 27.2 Å². The zero-order valence-corrected chi connectivity index (χ0v) is 37.1. The van der Waals surface area contributed by atoms with Crippen LogP contribution in [0.4, 0.5) is 49.1 Å². The lowest BCUT2D eigenvalue weighted by atomic mass is 10.3. The quantitative estimate of drug-likeness (QED) is 0.0640. The lowest BCUT2D eigenvalue weighted by molar-refractivity contribution is -0.193. The van der Waals surface area contributed by atoms with Crippen molar-refractivity contribution in [1.82, 2.24) is 33.1 Å². The summed E-state index contributed by atoms with van der Waals surface area (Å²) in [5.41, 5.74) is 10.5. The number of nitrogens with two attached hydrogens (primary N) is 1. The van der Waals surface area contributed by atoms with Crippen LogP contribution in [-0.4, -0.2) is 124 Å². The number of nitrogens with one attached hydrogen (secondary N) is 4. The molecule has 0 saturated carbocycles. The maximum atomic E-state index is 12.5. The molecule has 0 unspecified atom stereocenters. The van der Waals surface area contributed by atoms with E-state index < -0.39 is 36.2 Å². The number of hydrogen-bond donors (Lipinski definition) is 8. The fourth-order valence-corrected chi connectivity index (χ4v) is 5.61. The normalized spacial score (nSPS) is 10.9. The Labute approximate surface area is 377 Å². The third-order valence-electron chi connectivity index (χ3n) is 8.66. The van der Waals surface area contributed by atoms with Crippen molar-refractivity contribution >= 4 is 64.3 Å². The molecule has 0 atom stereocenters. The van der Waals surface area contributed by atoms with Gasteiger partial charge in [-0.05, 0) is 69.9 Å². The lowest BCUT2D eigenvalue weighted by Gasteiger charge is -2.10. The maximum Gasteiger partial charge on any atom is 0.490 e. The Morgan fingerprint density at radius 1 is 0.552 bits per heavy atom. The molecule has 27 heteroatoms. The molecule has 5 rings (SSSR count). The van der Waals surface area contributed by atoms with Gasteiger partial charge in [-0.15, -0.1) is 0 Å². The summed E-state index contributed by atoms with van der Waals surface area (Å²) < 4.78 is 71.6. The maximum absolute atomic E-state index is 12.5. The van der Waals surface area contributed by atoms with Crippen LogP contribution >= 0.6 is 0 Å². The van der Waals surface area contributed by atoms with Gasteiger partial charge in [0.1, 0.15) is 28.5 Å². The Morgan fingerprint density at radius 2 is 0.881 bits per heavy atom. The zero-order chi connectivity index (χ0) is 51.3. The first-order chi connectivity index (χ1) is 30.8. The fraction of sp³-hybridized carbons (Fsp3) is 0.325. The molecule has 0 aliphatic rings. The number of aryl methyl sites for hydroxylation is 6. The van der Waals surface area contributed by atoms with E-state index in [0.717, 1.165) is 18.5 Å². The second-order valence-electron chi connectivity index (χ2n) is 14.6. The number of carbonyl (C=O) groups excluding carboxylic acids is 4. The molecule has 67 heavy (non-hydrogen) atoms. The van der Waals surface area contributed by atoms with E-state index in [0.29, 0.717) is 52.1 Å². The van der Waals surface area contributed by atoms with Crippen molar-refractivity contribution in [3.63, 3.8) is 0 Å². The smallest absolute Gasteiger partial charge is 0.477 e. The van der Waals surface area contributed by atoms with Gasteiger partial charge >= 0.3 is 30.3 Å². The second kappa shape index (κ2) is 23.3. The van der Waals surface area contributed by atoms with Crippen LogP contribution in [0.5, 0.6) is 0 Å². The minimum absolute atomic E-state index is 0.0630. The Balaban J connectivity index is 0.000000360. The summed E-state index contributed by atoms with van der Waals surface area (Å²) in [6, 6.07) is 7.98. The minimum atomic E-state index is -5.08. The molecule has 0 saturated heterocycles. The summed E-state index contributed by atoms with van der Waals surface area (Å²) in [5.74, 6) is -7.72. The van der Waals surface area contributed by atoms with Crippen LogP contribution < -0.4 is 27.0 Å². The number of alkyl halides is 6.